The summed E-state index contributed by atoms with van der Waals surface area (Å²) < 4.78 is 15.9. The van der Waals surface area contributed by atoms with Crippen LogP contribution in [0, 0.1) is 5.92 Å². The Kier molecular flexibility index (Phi) is 2.84. The van der Waals surface area contributed by atoms with Crippen molar-refractivity contribution in [2.45, 2.75) is 24.2 Å². The summed E-state index contributed by atoms with van der Waals surface area (Å²) in [5, 5.41) is 3.34. The fourth-order valence-electron chi connectivity index (χ4n) is 2.38. The van der Waals surface area contributed by atoms with Crippen LogP contribution in [0.25, 0.3) is 0 Å². The minimum atomic E-state index is -0.283. The molecule has 0 aliphatic carbocycles. The first-order chi connectivity index (χ1) is 6.73. The third kappa shape index (κ3) is 1.39. The maximum Gasteiger partial charge on any atom is 0.127 e. The number of nitrogens with one attached hydrogen (secondary N) is 1. The van der Waals surface area contributed by atoms with Gasteiger partial charge in [0.1, 0.15) is 13.6 Å². The molecule has 2 saturated heterocycles. The van der Waals surface area contributed by atoms with Crippen LogP contribution in [0.2, 0.25) is 0 Å². The summed E-state index contributed by atoms with van der Waals surface area (Å²) in [7, 11) is 9.15. The summed E-state index contributed by atoms with van der Waals surface area (Å²) in [6, 6.07) is 0.0534. The molecule has 0 aromatic carbocycles. The summed E-state index contributed by atoms with van der Waals surface area (Å²) in [6.07, 6.45) is 0.831. The Morgan fingerprint density at radius 2 is 2.36 bits per heavy atom. The van der Waals surface area contributed by atoms with Gasteiger partial charge in [-0.3, -0.25) is 5.32 Å². The van der Waals surface area contributed by atoms with Crippen molar-refractivity contribution < 1.29 is 14.2 Å². The Balaban J connectivity index is 1.96. The van der Waals surface area contributed by atoms with Gasteiger partial charge in [0.05, 0.1) is 13.2 Å². The molecule has 78 valence electrons. The zero-order valence-corrected chi connectivity index (χ0v) is 8.66. The van der Waals surface area contributed by atoms with Gasteiger partial charge in [0.2, 0.25) is 0 Å². The largest absolute Gasteiger partial charge is 0.386 e. The van der Waals surface area contributed by atoms with E-state index in [1.165, 1.54) is 0 Å². The van der Waals surface area contributed by atoms with Gasteiger partial charge in [-0.15, -0.1) is 0 Å². The molecule has 2 radical (unpaired) electrons. The Morgan fingerprint density at radius 3 is 2.93 bits per heavy atom. The Morgan fingerprint density at radius 1 is 1.57 bits per heavy atom. The van der Waals surface area contributed by atoms with Crippen molar-refractivity contribution >= 4 is 7.85 Å². The fourth-order valence-corrected chi connectivity index (χ4v) is 2.38. The smallest absolute Gasteiger partial charge is 0.127 e. The Hall–Kier alpha value is -0.0951. The molecule has 2 aliphatic heterocycles. The zero-order chi connectivity index (χ0) is 10.2. The molecule has 2 rings (SSSR count). The van der Waals surface area contributed by atoms with Crippen molar-refractivity contribution in [2.75, 3.05) is 27.4 Å². The lowest BCUT2D eigenvalue weighted by Crippen LogP contribution is -2.73. The lowest BCUT2D eigenvalue weighted by Gasteiger charge is -2.52. The van der Waals surface area contributed by atoms with E-state index in [2.05, 4.69) is 5.32 Å². The van der Waals surface area contributed by atoms with E-state index in [0.29, 0.717) is 19.1 Å². The maximum atomic E-state index is 5.75. The molecule has 2 heterocycles. The van der Waals surface area contributed by atoms with Crippen LogP contribution in [0.5, 0.6) is 0 Å². The average molecular weight is 197 g/mol. The molecule has 0 aromatic rings. The van der Waals surface area contributed by atoms with E-state index in [0.717, 1.165) is 6.42 Å². The van der Waals surface area contributed by atoms with E-state index in [-0.39, 0.29) is 17.8 Å². The molecule has 0 saturated carbocycles. The minimum Gasteiger partial charge on any atom is -0.386 e. The molecule has 2 fully saturated rings. The highest BCUT2D eigenvalue weighted by Crippen LogP contribution is 2.41. The van der Waals surface area contributed by atoms with Crippen LogP contribution in [0.1, 0.15) is 6.42 Å². The lowest BCUT2D eigenvalue weighted by atomic mass is 9.73. The van der Waals surface area contributed by atoms with E-state index in [4.69, 9.17) is 22.1 Å². The fraction of sp³-hybridized carbons (Fsp3) is 1.00. The second-order valence-corrected chi connectivity index (χ2v) is 3.91. The molecular weight excluding hydrogens is 181 g/mol. The van der Waals surface area contributed by atoms with Crippen LogP contribution >= 0.6 is 0 Å². The van der Waals surface area contributed by atoms with Crippen molar-refractivity contribution in [3.63, 3.8) is 0 Å². The lowest BCUT2D eigenvalue weighted by molar-refractivity contribution is -0.166. The van der Waals surface area contributed by atoms with Gasteiger partial charge in [0, 0.05) is 38.6 Å². The van der Waals surface area contributed by atoms with Gasteiger partial charge < -0.3 is 14.2 Å². The molecular formula is C9H16BNO3. The summed E-state index contributed by atoms with van der Waals surface area (Å²) in [5.74, 6) is 0.359. The third-order valence-corrected chi connectivity index (χ3v) is 3.31. The van der Waals surface area contributed by atoms with Crippen LogP contribution < -0.4 is 5.32 Å². The number of rotatable bonds is 4. The van der Waals surface area contributed by atoms with Gasteiger partial charge in [-0.2, -0.15) is 0 Å². The molecule has 2 aliphatic rings. The molecule has 0 bridgehead atoms. The first-order valence-electron chi connectivity index (χ1n) is 4.92. The number of hydrogen-bond acceptors (Lipinski definition) is 4. The van der Waals surface area contributed by atoms with Crippen LogP contribution in [0.3, 0.4) is 0 Å². The molecule has 0 spiro atoms. The second kappa shape index (κ2) is 3.81. The molecule has 14 heavy (non-hydrogen) atoms. The molecule has 2 unspecified atom stereocenters. The second-order valence-electron chi connectivity index (χ2n) is 3.91. The minimum absolute atomic E-state index is 0.189. The summed E-state index contributed by atoms with van der Waals surface area (Å²) >= 11 is 0. The highest BCUT2D eigenvalue weighted by atomic mass is 16.5. The van der Waals surface area contributed by atoms with Crippen LogP contribution in [-0.4, -0.2) is 53.0 Å². The standard InChI is InChI=1S/C9H16BNO3/c1-12-4-3-9(13-2)6-5-14-8(10)7(6)11-9/h6-8,11H,3-5H2,1-2H3/t6?,7?,8-,9+/m1/s1. The van der Waals surface area contributed by atoms with Crippen molar-refractivity contribution in [3.8, 4) is 0 Å². The SMILES string of the molecule is [B][C@@H]1OCC2C1N[C@@]2(CCOC)OC. The molecule has 0 amide bonds. The molecule has 4 atom stereocenters. The molecule has 4 nitrogen and oxygen atoms in total. The summed E-state index contributed by atoms with van der Waals surface area (Å²) in [4.78, 5) is 0. The van der Waals surface area contributed by atoms with Crippen LogP contribution in [-0.2, 0) is 14.2 Å². The normalized spacial score (nSPS) is 46.0. The topological polar surface area (TPSA) is 39.7 Å². The predicted octanol–water partition coefficient (Wildman–Crippen LogP) is -0.522. The molecule has 1 N–H and O–H groups in total. The zero-order valence-electron chi connectivity index (χ0n) is 8.66. The van der Waals surface area contributed by atoms with E-state index < -0.39 is 0 Å². The Bertz CT molecular complexity index is 216. The van der Waals surface area contributed by atoms with E-state index in [9.17, 15) is 0 Å². The monoisotopic (exact) mass is 197 g/mol. The summed E-state index contributed by atoms with van der Waals surface area (Å²) in [5.41, 5.74) is -0.283. The quantitative estimate of drug-likeness (QED) is 0.615. The van der Waals surface area contributed by atoms with Gasteiger partial charge in [-0.1, -0.05) is 0 Å². The molecule has 0 aromatic heterocycles. The number of fused-ring (bicyclic) bond motifs is 1. The van der Waals surface area contributed by atoms with Gasteiger partial charge in [0.15, 0.2) is 0 Å². The van der Waals surface area contributed by atoms with E-state index in [1.807, 2.05) is 0 Å². The number of methoxy groups -OCH3 is 2. The number of ether oxygens (including phenoxy) is 3. The van der Waals surface area contributed by atoms with Crippen LogP contribution in [0.15, 0.2) is 0 Å². The van der Waals surface area contributed by atoms with Gasteiger partial charge in [0.25, 0.3) is 0 Å². The van der Waals surface area contributed by atoms with Gasteiger partial charge in [-0.25, -0.2) is 0 Å². The van der Waals surface area contributed by atoms with Crippen molar-refractivity contribution in [1.82, 2.24) is 5.32 Å². The first-order valence-corrected chi connectivity index (χ1v) is 4.92. The highest BCUT2D eigenvalue weighted by Gasteiger charge is 2.58. The first kappa shape index (κ1) is 10.4. The van der Waals surface area contributed by atoms with Crippen LogP contribution in [0.4, 0.5) is 0 Å². The Labute approximate surface area is 85.7 Å². The molecule has 5 heteroatoms. The average Bonchev–Trinajstić information content (AvgIpc) is 2.45. The van der Waals surface area contributed by atoms with Gasteiger partial charge in [-0.05, 0) is 0 Å². The van der Waals surface area contributed by atoms with E-state index >= 15 is 0 Å². The van der Waals surface area contributed by atoms with Crippen molar-refractivity contribution in [1.29, 1.82) is 0 Å². The van der Waals surface area contributed by atoms with Crippen molar-refractivity contribution in [3.05, 3.63) is 0 Å². The van der Waals surface area contributed by atoms with Crippen molar-refractivity contribution in [2.24, 2.45) is 5.92 Å². The number of hydrogen-bond donors (Lipinski definition) is 1. The summed E-state index contributed by atoms with van der Waals surface area (Å²) in [6.45, 7) is 1.36. The maximum absolute atomic E-state index is 5.75. The highest BCUT2D eigenvalue weighted by molar-refractivity contribution is 6.11. The van der Waals surface area contributed by atoms with Gasteiger partial charge >= 0.3 is 0 Å². The van der Waals surface area contributed by atoms with E-state index in [1.54, 1.807) is 14.2 Å². The predicted molar refractivity (Wildman–Crippen MR) is 52.1 cm³/mol. The third-order valence-electron chi connectivity index (χ3n) is 3.31.